The lowest BCUT2D eigenvalue weighted by Gasteiger charge is -2.15. The maximum atomic E-state index is 5.62. The third-order valence-electron chi connectivity index (χ3n) is 3.41. The van der Waals surface area contributed by atoms with E-state index in [1.807, 2.05) is 18.4 Å². The van der Waals surface area contributed by atoms with Crippen molar-refractivity contribution in [2.45, 2.75) is 26.7 Å². The van der Waals surface area contributed by atoms with Crippen LogP contribution in [0.25, 0.3) is 21.6 Å². The highest BCUT2D eigenvalue weighted by Crippen LogP contribution is 2.29. The molecule has 0 aliphatic carbocycles. The molecule has 0 saturated carbocycles. The molecule has 0 saturated heterocycles. The van der Waals surface area contributed by atoms with Crippen molar-refractivity contribution in [1.29, 1.82) is 0 Å². The second kappa shape index (κ2) is 5.38. The standard InChI is InChI=1S/C15H17N5S/c1-8(2)13-9(3)18-14(19-15(13)20-16)10-6-12-11(17-7-10)4-5-21-12/h4-8H,16H2,1-3H3,(H,18,19,20). The molecule has 0 aliphatic rings. The molecule has 0 bridgehead atoms. The van der Waals surface area contributed by atoms with Crippen molar-refractivity contribution in [3.05, 3.63) is 35.0 Å². The predicted octanol–water partition coefficient (Wildman–Crippen LogP) is 3.47. The lowest BCUT2D eigenvalue weighted by molar-refractivity contribution is 0.831. The smallest absolute Gasteiger partial charge is 0.163 e. The predicted molar refractivity (Wildman–Crippen MR) is 87.3 cm³/mol. The van der Waals surface area contributed by atoms with Crippen LogP contribution in [0.1, 0.15) is 31.0 Å². The molecule has 0 aliphatic heterocycles. The van der Waals surface area contributed by atoms with Gasteiger partial charge in [-0.2, -0.15) is 0 Å². The minimum atomic E-state index is 0.308. The molecular formula is C15H17N5S. The van der Waals surface area contributed by atoms with Crippen LogP contribution in [0.2, 0.25) is 0 Å². The third kappa shape index (κ3) is 2.48. The molecule has 0 radical (unpaired) electrons. The summed E-state index contributed by atoms with van der Waals surface area (Å²) in [5, 5.41) is 2.03. The summed E-state index contributed by atoms with van der Waals surface area (Å²) in [4.78, 5) is 13.6. The van der Waals surface area contributed by atoms with Crippen LogP contribution in [0.4, 0.5) is 5.82 Å². The van der Waals surface area contributed by atoms with Crippen LogP contribution in [0.15, 0.2) is 23.7 Å². The van der Waals surface area contributed by atoms with E-state index < -0.39 is 0 Å². The zero-order valence-electron chi connectivity index (χ0n) is 12.2. The Kier molecular flexibility index (Phi) is 3.57. The van der Waals surface area contributed by atoms with E-state index in [4.69, 9.17) is 5.84 Å². The first-order valence-corrected chi connectivity index (χ1v) is 7.67. The Hall–Kier alpha value is -2.05. The van der Waals surface area contributed by atoms with Crippen LogP contribution >= 0.6 is 11.3 Å². The lowest BCUT2D eigenvalue weighted by Crippen LogP contribution is -2.14. The number of pyridine rings is 1. The van der Waals surface area contributed by atoms with Crippen LogP contribution in [0.5, 0.6) is 0 Å². The van der Waals surface area contributed by atoms with E-state index in [-0.39, 0.29) is 0 Å². The third-order valence-corrected chi connectivity index (χ3v) is 4.26. The quantitative estimate of drug-likeness (QED) is 0.572. The molecule has 5 nitrogen and oxygen atoms in total. The van der Waals surface area contributed by atoms with Gasteiger partial charge < -0.3 is 5.43 Å². The number of fused-ring (bicyclic) bond motifs is 1. The summed E-state index contributed by atoms with van der Waals surface area (Å²) < 4.78 is 1.13. The maximum Gasteiger partial charge on any atom is 0.163 e. The van der Waals surface area contributed by atoms with Gasteiger partial charge in [-0.1, -0.05) is 13.8 Å². The molecule has 3 aromatic heterocycles. The van der Waals surface area contributed by atoms with Gasteiger partial charge in [-0.05, 0) is 30.4 Å². The van der Waals surface area contributed by atoms with Crippen molar-refractivity contribution in [2.75, 3.05) is 5.43 Å². The second-order valence-electron chi connectivity index (χ2n) is 5.22. The Balaban J connectivity index is 2.15. The van der Waals surface area contributed by atoms with Crippen LogP contribution in [-0.2, 0) is 0 Å². The molecule has 108 valence electrons. The average molecular weight is 299 g/mol. The molecule has 6 heteroatoms. The number of hydrogen-bond donors (Lipinski definition) is 2. The summed E-state index contributed by atoms with van der Waals surface area (Å²) in [6, 6.07) is 4.07. The Labute approximate surface area is 127 Å². The Bertz CT molecular complexity index is 794. The Morgan fingerprint density at radius 3 is 2.81 bits per heavy atom. The number of nitrogens with one attached hydrogen (secondary N) is 1. The number of hydrogen-bond acceptors (Lipinski definition) is 6. The molecule has 0 amide bonds. The van der Waals surface area contributed by atoms with Gasteiger partial charge in [0.05, 0.1) is 10.2 Å². The molecule has 3 aromatic rings. The highest BCUT2D eigenvalue weighted by atomic mass is 32.1. The summed E-state index contributed by atoms with van der Waals surface area (Å²) in [6.07, 6.45) is 1.80. The molecule has 3 N–H and O–H groups in total. The van der Waals surface area contributed by atoms with Crippen molar-refractivity contribution in [3.63, 3.8) is 0 Å². The van der Waals surface area contributed by atoms with Gasteiger partial charge in [0.25, 0.3) is 0 Å². The number of anilines is 1. The number of aromatic nitrogens is 3. The summed E-state index contributed by atoms with van der Waals surface area (Å²) >= 11 is 1.66. The van der Waals surface area contributed by atoms with Crippen LogP contribution in [0, 0.1) is 6.92 Å². The number of rotatable bonds is 3. The molecule has 0 unspecified atom stereocenters. The van der Waals surface area contributed by atoms with Crippen LogP contribution < -0.4 is 11.3 Å². The van der Waals surface area contributed by atoms with E-state index in [0.717, 1.165) is 27.0 Å². The minimum absolute atomic E-state index is 0.308. The fraction of sp³-hybridized carbons (Fsp3) is 0.267. The summed E-state index contributed by atoms with van der Waals surface area (Å²) in [7, 11) is 0. The van der Waals surface area contributed by atoms with Crippen LogP contribution in [0.3, 0.4) is 0 Å². The Morgan fingerprint density at radius 1 is 1.29 bits per heavy atom. The minimum Gasteiger partial charge on any atom is -0.308 e. The van der Waals surface area contributed by atoms with E-state index in [1.165, 1.54) is 0 Å². The molecule has 0 atom stereocenters. The average Bonchev–Trinajstić information content (AvgIpc) is 2.93. The monoisotopic (exact) mass is 299 g/mol. The number of nitrogens with two attached hydrogens (primary N) is 1. The molecule has 3 rings (SSSR count). The van der Waals surface area contributed by atoms with Gasteiger partial charge in [-0.25, -0.2) is 15.8 Å². The summed E-state index contributed by atoms with van der Waals surface area (Å²) in [5.74, 6) is 7.26. The second-order valence-corrected chi connectivity index (χ2v) is 6.17. The van der Waals surface area contributed by atoms with Crippen molar-refractivity contribution in [2.24, 2.45) is 5.84 Å². The highest BCUT2D eigenvalue weighted by Gasteiger charge is 2.15. The fourth-order valence-corrected chi connectivity index (χ4v) is 3.26. The Morgan fingerprint density at radius 2 is 2.10 bits per heavy atom. The molecule has 0 fully saturated rings. The molecular weight excluding hydrogens is 282 g/mol. The number of hydrazine groups is 1. The van der Waals surface area contributed by atoms with Crippen molar-refractivity contribution >= 4 is 27.4 Å². The normalized spacial score (nSPS) is 11.3. The van der Waals surface area contributed by atoms with Gasteiger partial charge >= 0.3 is 0 Å². The SMILES string of the molecule is Cc1nc(-c2cnc3ccsc3c2)nc(NN)c1C(C)C. The van der Waals surface area contributed by atoms with Gasteiger partial charge in [0.15, 0.2) is 5.82 Å². The van der Waals surface area contributed by atoms with E-state index in [9.17, 15) is 0 Å². The number of thiophene rings is 1. The van der Waals surface area contributed by atoms with Gasteiger partial charge in [0, 0.05) is 23.0 Å². The van der Waals surface area contributed by atoms with Crippen LogP contribution in [-0.4, -0.2) is 15.0 Å². The number of nitrogens with zero attached hydrogens (tertiary/aromatic N) is 3. The first kappa shape index (κ1) is 13.9. The van der Waals surface area contributed by atoms with Crippen molar-refractivity contribution in [3.8, 4) is 11.4 Å². The van der Waals surface area contributed by atoms with Gasteiger partial charge in [-0.15, -0.1) is 11.3 Å². The molecule has 0 aromatic carbocycles. The zero-order valence-corrected chi connectivity index (χ0v) is 13.0. The fourth-order valence-electron chi connectivity index (χ4n) is 2.48. The van der Waals surface area contributed by atoms with E-state index in [1.54, 1.807) is 17.5 Å². The van der Waals surface area contributed by atoms with Crippen molar-refractivity contribution < 1.29 is 0 Å². The number of nitrogen functional groups attached to an aromatic ring is 1. The summed E-state index contributed by atoms with van der Waals surface area (Å²) in [6.45, 7) is 6.19. The van der Waals surface area contributed by atoms with E-state index >= 15 is 0 Å². The van der Waals surface area contributed by atoms with Gasteiger partial charge in [0.1, 0.15) is 5.82 Å². The molecule has 3 heterocycles. The molecule has 21 heavy (non-hydrogen) atoms. The first-order chi connectivity index (χ1) is 10.1. The van der Waals surface area contributed by atoms with Gasteiger partial charge in [0.2, 0.25) is 0 Å². The van der Waals surface area contributed by atoms with E-state index in [2.05, 4.69) is 40.3 Å². The topological polar surface area (TPSA) is 76.7 Å². The van der Waals surface area contributed by atoms with E-state index in [0.29, 0.717) is 17.6 Å². The van der Waals surface area contributed by atoms with Crippen molar-refractivity contribution in [1.82, 2.24) is 15.0 Å². The maximum absolute atomic E-state index is 5.62. The lowest BCUT2D eigenvalue weighted by atomic mass is 10.0. The molecule has 0 spiro atoms. The number of aryl methyl sites for hydroxylation is 1. The highest BCUT2D eigenvalue weighted by molar-refractivity contribution is 7.17. The largest absolute Gasteiger partial charge is 0.308 e. The van der Waals surface area contributed by atoms with Gasteiger partial charge in [-0.3, -0.25) is 4.98 Å². The first-order valence-electron chi connectivity index (χ1n) is 6.79. The zero-order chi connectivity index (χ0) is 15.0. The summed E-state index contributed by atoms with van der Waals surface area (Å²) in [5.41, 5.74) is 6.58.